The first-order valence-corrected chi connectivity index (χ1v) is 7.07. The van der Waals surface area contributed by atoms with Gasteiger partial charge in [-0.25, -0.2) is 0 Å². The molecular formula is C11H16Cl2N2S. The lowest BCUT2D eigenvalue weighted by Crippen LogP contribution is -2.42. The van der Waals surface area contributed by atoms with Crippen LogP contribution in [0.15, 0.2) is 16.1 Å². The number of aliphatic imine (C=N–C) groups is 1. The second-order valence-electron chi connectivity index (χ2n) is 4.49. The van der Waals surface area contributed by atoms with E-state index in [4.69, 9.17) is 16.6 Å². The van der Waals surface area contributed by atoms with Crippen LogP contribution in [0, 0.1) is 5.92 Å². The van der Waals surface area contributed by atoms with Crippen molar-refractivity contribution < 1.29 is 0 Å². The summed E-state index contributed by atoms with van der Waals surface area (Å²) in [6.07, 6.45) is 5.38. The molecule has 1 aliphatic carbocycles. The van der Waals surface area contributed by atoms with Gasteiger partial charge in [0.2, 0.25) is 0 Å². The molecule has 16 heavy (non-hydrogen) atoms. The van der Waals surface area contributed by atoms with Crippen LogP contribution in [0.2, 0.25) is 0 Å². The highest BCUT2D eigenvalue weighted by Crippen LogP contribution is 2.37. The van der Waals surface area contributed by atoms with Crippen LogP contribution < -0.4 is 0 Å². The quantitative estimate of drug-likeness (QED) is 0.683. The lowest BCUT2D eigenvalue weighted by molar-refractivity contribution is 0.248. The summed E-state index contributed by atoms with van der Waals surface area (Å²) < 4.78 is 0. The molecule has 2 heterocycles. The van der Waals surface area contributed by atoms with Crippen molar-refractivity contribution in [2.24, 2.45) is 10.9 Å². The number of halogens is 2. The molecule has 0 amide bonds. The Morgan fingerprint density at radius 3 is 3.06 bits per heavy atom. The number of fused-ring (bicyclic) bond motifs is 2. The van der Waals surface area contributed by atoms with Gasteiger partial charge in [-0.05, 0) is 24.2 Å². The fourth-order valence-electron chi connectivity index (χ4n) is 2.72. The molecule has 0 N–H and O–H groups in total. The van der Waals surface area contributed by atoms with Crippen LogP contribution >= 0.6 is 35.8 Å². The minimum atomic E-state index is 0. The van der Waals surface area contributed by atoms with Crippen LogP contribution in [0.3, 0.4) is 0 Å². The van der Waals surface area contributed by atoms with E-state index in [1.807, 2.05) is 0 Å². The Hall–Kier alpha value is 0.140. The first-order chi connectivity index (χ1) is 7.38. The first-order valence-electron chi connectivity index (χ1n) is 5.65. The maximum Gasteiger partial charge on any atom is 0.168 e. The Labute approximate surface area is 112 Å². The maximum absolute atomic E-state index is 5.92. The number of amidine groups is 1. The molecule has 0 aromatic heterocycles. The van der Waals surface area contributed by atoms with Crippen LogP contribution in [-0.4, -0.2) is 28.5 Å². The van der Waals surface area contributed by atoms with Crippen LogP contribution in [0.5, 0.6) is 0 Å². The van der Waals surface area contributed by atoms with E-state index < -0.39 is 0 Å². The first kappa shape index (κ1) is 12.6. The van der Waals surface area contributed by atoms with E-state index in [1.165, 1.54) is 36.5 Å². The number of alkyl halides is 1. The largest absolute Gasteiger partial charge is 0.323 e. The molecule has 0 radical (unpaired) electrons. The predicted molar refractivity (Wildman–Crippen MR) is 73.5 cm³/mol. The highest BCUT2D eigenvalue weighted by atomic mass is 35.5. The molecule has 0 spiro atoms. The Bertz CT molecular complexity index is 330. The summed E-state index contributed by atoms with van der Waals surface area (Å²) >= 11 is 7.67. The second-order valence-corrected chi connectivity index (χ2v) is 5.60. The molecule has 0 aromatic carbocycles. The lowest BCUT2D eigenvalue weighted by Gasteiger charge is -2.38. The van der Waals surface area contributed by atoms with Gasteiger partial charge in [0, 0.05) is 12.2 Å². The summed E-state index contributed by atoms with van der Waals surface area (Å²) in [6.45, 7) is 1.15. The van der Waals surface area contributed by atoms with E-state index in [0.717, 1.165) is 12.5 Å². The van der Waals surface area contributed by atoms with Gasteiger partial charge in [0.25, 0.3) is 0 Å². The number of rotatable bonds is 1. The molecule has 5 heteroatoms. The molecule has 90 valence electrons. The second kappa shape index (κ2) is 5.19. The minimum Gasteiger partial charge on any atom is -0.323 e. The summed E-state index contributed by atoms with van der Waals surface area (Å²) in [5.41, 5.74) is 1.24. The van der Waals surface area contributed by atoms with Crippen LogP contribution in [0.4, 0.5) is 0 Å². The van der Waals surface area contributed by atoms with Gasteiger partial charge < -0.3 is 4.90 Å². The smallest absolute Gasteiger partial charge is 0.168 e. The summed E-state index contributed by atoms with van der Waals surface area (Å²) in [5, 5.41) is 3.34. The van der Waals surface area contributed by atoms with Crippen molar-refractivity contribution in [3.05, 3.63) is 11.1 Å². The van der Waals surface area contributed by atoms with Gasteiger partial charge in [-0.2, -0.15) is 0 Å². The van der Waals surface area contributed by atoms with Crippen LogP contribution in [-0.2, 0) is 0 Å². The number of nitrogens with zero attached hydrogens (tertiary/aromatic N) is 2. The molecule has 3 rings (SSSR count). The van der Waals surface area contributed by atoms with Gasteiger partial charge in [0.1, 0.15) is 0 Å². The number of thioether (sulfide) groups is 1. The SMILES string of the molecule is Cl.ClCC1=CSC2=NC3CCCCC3CN12. The van der Waals surface area contributed by atoms with Gasteiger partial charge in [-0.3, -0.25) is 4.99 Å². The fourth-order valence-corrected chi connectivity index (χ4v) is 4.00. The van der Waals surface area contributed by atoms with Gasteiger partial charge in [0.15, 0.2) is 5.17 Å². The molecule has 1 fully saturated rings. The monoisotopic (exact) mass is 278 g/mol. The van der Waals surface area contributed by atoms with E-state index in [1.54, 1.807) is 11.8 Å². The van der Waals surface area contributed by atoms with Crippen molar-refractivity contribution in [3.63, 3.8) is 0 Å². The number of allylic oxidation sites excluding steroid dienone is 1. The zero-order chi connectivity index (χ0) is 10.3. The third kappa shape index (κ3) is 2.09. The molecule has 2 atom stereocenters. The molecule has 3 aliphatic rings. The summed E-state index contributed by atoms with van der Waals surface area (Å²) in [4.78, 5) is 7.18. The highest BCUT2D eigenvalue weighted by molar-refractivity contribution is 8.16. The Balaban J connectivity index is 0.000000963. The average Bonchev–Trinajstić information content (AvgIpc) is 2.68. The molecule has 0 bridgehead atoms. The van der Waals surface area contributed by atoms with Gasteiger partial charge in [-0.1, -0.05) is 24.6 Å². The third-order valence-corrected chi connectivity index (χ3v) is 4.78. The topological polar surface area (TPSA) is 15.6 Å². The zero-order valence-corrected chi connectivity index (χ0v) is 11.5. The van der Waals surface area contributed by atoms with Crippen molar-refractivity contribution in [1.82, 2.24) is 4.90 Å². The number of hydrogen-bond acceptors (Lipinski definition) is 3. The maximum atomic E-state index is 5.92. The standard InChI is InChI=1S/C11H15ClN2S.ClH/c12-5-9-7-15-11-13-10-4-2-1-3-8(10)6-14(9)11;/h7-8,10H,1-6H2;1H. The van der Waals surface area contributed by atoms with Crippen molar-refractivity contribution in [1.29, 1.82) is 0 Å². The van der Waals surface area contributed by atoms with E-state index in [-0.39, 0.29) is 12.4 Å². The van der Waals surface area contributed by atoms with Gasteiger partial charge >= 0.3 is 0 Å². The van der Waals surface area contributed by atoms with E-state index in [9.17, 15) is 0 Å². The summed E-state index contributed by atoms with van der Waals surface area (Å²) in [6, 6.07) is 0.598. The van der Waals surface area contributed by atoms with Crippen molar-refractivity contribution >= 4 is 40.9 Å². The normalized spacial score (nSPS) is 32.2. The van der Waals surface area contributed by atoms with Crippen molar-refractivity contribution in [2.45, 2.75) is 31.7 Å². The van der Waals surface area contributed by atoms with Gasteiger partial charge in [0.05, 0.1) is 11.9 Å². The molecule has 0 saturated heterocycles. The molecule has 2 unspecified atom stereocenters. The number of hydrogen-bond donors (Lipinski definition) is 0. The summed E-state index contributed by atoms with van der Waals surface area (Å²) in [5.74, 6) is 1.39. The van der Waals surface area contributed by atoms with E-state index in [2.05, 4.69) is 10.3 Å². The minimum absolute atomic E-state index is 0. The molecule has 2 nitrogen and oxygen atoms in total. The summed E-state index contributed by atoms with van der Waals surface area (Å²) in [7, 11) is 0. The molecule has 0 aromatic rings. The van der Waals surface area contributed by atoms with Crippen molar-refractivity contribution in [2.75, 3.05) is 12.4 Å². The molecular weight excluding hydrogens is 263 g/mol. The highest BCUT2D eigenvalue weighted by Gasteiger charge is 2.35. The lowest BCUT2D eigenvalue weighted by atomic mass is 9.84. The van der Waals surface area contributed by atoms with E-state index in [0.29, 0.717) is 11.9 Å². The Morgan fingerprint density at radius 2 is 2.25 bits per heavy atom. The average molecular weight is 279 g/mol. The van der Waals surface area contributed by atoms with Crippen LogP contribution in [0.25, 0.3) is 0 Å². The predicted octanol–water partition coefficient (Wildman–Crippen LogP) is 3.47. The van der Waals surface area contributed by atoms with E-state index >= 15 is 0 Å². The van der Waals surface area contributed by atoms with Crippen LogP contribution in [0.1, 0.15) is 25.7 Å². The zero-order valence-electron chi connectivity index (χ0n) is 9.06. The molecule has 2 aliphatic heterocycles. The third-order valence-electron chi connectivity index (χ3n) is 3.58. The Kier molecular flexibility index (Phi) is 4.09. The molecule has 1 saturated carbocycles. The Morgan fingerprint density at radius 1 is 1.44 bits per heavy atom. The van der Waals surface area contributed by atoms with Gasteiger partial charge in [-0.15, -0.1) is 24.0 Å². The fraction of sp³-hybridized carbons (Fsp3) is 0.727. The van der Waals surface area contributed by atoms with Crippen molar-refractivity contribution in [3.8, 4) is 0 Å².